The third-order valence-electron chi connectivity index (χ3n) is 4.35. The van der Waals surface area contributed by atoms with Gasteiger partial charge in [0.2, 0.25) is 0 Å². The maximum atomic E-state index is 9.72. The maximum absolute atomic E-state index is 9.72. The zero-order valence-corrected chi connectivity index (χ0v) is 16.0. The number of pyridine rings is 1. The number of nitrogens with zero attached hydrogens (tertiary/aromatic N) is 2. The average Bonchev–Trinajstić information content (AvgIpc) is 2.68. The van der Waals surface area contributed by atoms with Crippen LogP contribution in [-0.4, -0.2) is 19.2 Å². The van der Waals surface area contributed by atoms with E-state index >= 15 is 0 Å². The van der Waals surface area contributed by atoms with Crippen LogP contribution in [0.4, 0.5) is 5.82 Å². The number of hydrogen-bond acceptors (Lipinski definition) is 5. The molecule has 0 radical (unpaired) electrons. The molecule has 1 aromatic heterocycles. The Hall–Kier alpha value is -3.23. The highest BCUT2D eigenvalue weighted by Crippen LogP contribution is 2.43. The van der Waals surface area contributed by atoms with Crippen LogP contribution >= 0.6 is 11.6 Å². The number of nitriles is 1. The number of methoxy groups -OCH3 is 2. The average molecular weight is 380 g/mol. The summed E-state index contributed by atoms with van der Waals surface area (Å²) in [5, 5.41) is 10.3. The number of benzene rings is 2. The topological polar surface area (TPSA) is 81.2 Å². The van der Waals surface area contributed by atoms with E-state index in [-0.39, 0.29) is 5.82 Å². The molecule has 136 valence electrons. The van der Waals surface area contributed by atoms with Crippen molar-refractivity contribution in [1.82, 2.24) is 4.98 Å². The fourth-order valence-corrected chi connectivity index (χ4v) is 3.34. The quantitative estimate of drug-likeness (QED) is 0.700. The lowest BCUT2D eigenvalue weighted by Gasteiger charge is -2.18. The van der Waals surface area contributed by atoms with E-state index in [1.54, 1.807) is 26.4 Å². The van der Waals surface area contributed by atoms with Crippen molar-refractivity contribution in [3.8, 4) is 40.0 Å². The number of rotatable bonds is 4. The van der Waals surface area contributed by atoms with Gasteiger partial charge in [0.05, 0.1) is 19.9 Å². The van der Waals surface area contributed by atoms with Gasteiger partial charge < -0.3 is 15.2 Å². The molecule has 0 aliphatic heterocycles. The first kappa shape index (κ1) is 18.6. The second-order valence-electron chi connectivity index (χ2n) is 5.88. The standard InChI is InChI=1S/C21H18ClN3O2/c1-12-18(15-8-5-9-17(26-2)20(15)27-3)16(11-23)21(24)25-19(12)13-6-4-7-14(22)10-13/h4-10H,1-3H3,(H2,24,25). The second kappa shape index (κ2) is 7.56. The van der Waals surface area contributed by atoms with Gasteiger partial charge in [-0.1, -0.05) is 35.9 Å². The van der Waals surface area contributed by atoms with Gasteiger partial charge in [0.25, 0.3) is 0 Å². The molecular formula is C21H18ClN3O2. The summed E-state index contributed by atoms with van der Waals surface area (Å²) < 4.78 is 11.0. The summed E-state index contributed by atoms with van der Waals surface area (Å²) >= 11 is 6.14. The molecule has 0 spiro atoms. The molecule has 6 heteroatoms. The van der Waals surface area contributed by atoms with E-state index < -0.39 is 0 Å². The Morgan fingerprint density at radius 1 is 1.11 bits per heavy atom. The molecule has 1 heterocycles. The third-order valence-corrected chi connectivity index (χ3v) is 4.59. The van der Waals surface area contributed by atoms with E-state index in [1.807, 2.05) is 37.3 Å². The van der Waals surface area contributed by atoms with Gasteiger partial charge in [-0.25, -0.2) is 4.98 Å². The van der Waals surface area contributed by atoms with Crippen molar-refractivity contribution in [2.24, 2.45) is 0 Å². The van der Waals surface area contributed by atoms with Gasteiger partial charge >= 0.3 is 0 Å². The fourth-order valence-electron chi connectivity index (χ4n) is 3.14. The van der Waals surface area contributed by atoms with Crippen LogP contribution in [0.5, 0.6) is 11.5 Å². The summed E-state index contributed by atoms with van der Waals surface area (Å²) in [5.74, 6) is 1.25. The highest BCUT2D eigenvalue weighted by molar-refractivity contribution is 6.30. The fraction of sp³-hybridized carbons (Fsp3) is 0.143. The van der Waals surface area contributed by atoms with Crippen LogP contribution in [0.15, 0.2) is 42.5 Å². The van der Waals surface area contributed by atoms with Gasteiger partial charge in [0.15, 0.2) is 11.5 Å². The molecule has 0 amide bonds. The van der Waals surface area contributed by atoms with Crippen molar-refractivity contribution >= 4 is 17.4 Å². The minimum Gasteiger partial charge on any atom is -0.493 e. The van der Waals surface area contributed by atoms with Crippen LogP contribution in [0.1, 0.15) is 11.1 Å². The zero-order valence-electron chi connectivity index (χ0n) is 15.2. The molecule has 3 rings (SSSR count). The summed E-state index contributed by atoms with van der Waals surface area (Å²) in [6.07, 6.45) is 0. The molecule has 2 N–H and O–H groups in total. The molecule has 0 unspecified atom stereocenters. The Morgan fingerprint density at radius 3 is 2.48 bits per heavy atom. The molecular weight excluding hydrogens is 362 g/mol. The van der Waals surface area contributed by atoms with Crippen LogP contribution in [0.2, 0.25) is 5.02 Å². The Kier molecular flexibility index (Phi) is 5.20. The highest BCUT2D eigenvalue weighted by Gasteiger charge is 2.22. The van der Waals surface area contributed by atoms with Crippen LogP contribution in [-0.2, 0) is 0 Å². The van der Waals surface area contributed by atoms with Gasteiger partial charge in [0, 0.05) is 21.7 Å². The van der Waals surface area contributed by atoms with Crippen molar-refractivity contribution in [1.29, 1.82) is 5.26 Å². The lowest BCUT2D eigenvalue weighted by Crippen LogP contribution is -2.04. The lowest BCUT2D eigenvalue weighted by atomic mass is 9.92. The van der Waals surface area contributed by atoms with E-state index in [0.717, 1.165) is 11.1 Å². The molecule has 2 aromatic carbocycles. The second-order valence-corrected chi connectivity index (χ2v) is 6.32. The molecule has 5 nitrogen and oxygen atoms in total. The summed E-state index contributed by atoms with van der Waals surface area (Å²) in [5.41, 5.74) is 10.1. The van der Waals surface area contributed by atoms with Gasteiger partial charge in [-0.3, -0.25) is 0 Å². The molecule has 0 aliphatic rings. The molecule has 3 aromatic rings. The van der Waals surface area contributed by atoms with Crippen molar-refractivity contribution in [3.63, 3.8) is 0 Å². The number of nitrogens with two attached hydrogens (primary N) is 1. The van der Waals surface area contributed by atoms with E-state index in [1.165, 1.54) is 0 Å². The summed E-state index contributed by atoms with van der Waals surface area (Å²) in [6, 6.07) is 15.0. The van der Waals surface area contributed by atoms with Gasteiger partial charge in [0.1, 0.15) is 17.5 Å². The number of nitrogen functional groups attached to an aromatic ring is 1. The Labute approximate surface area is 162 Å². The lowest BCUT2D eigenvalue weighted by molar-refractivity contribution is 0.356. The molecule has 0 bridgehead atoms. The number of halogens is 1. The number of aromatic nitrogens is 1. The molecule has 0 fully saturated rings. The van der Waals surface area contributed by atoms with Crippen LogP contribution in [0.3, 0.4) is 0 Å². The van der Waals surface area contributed by atoms with E-state index in [2.05, 4.69) is 11.1 Å². The van der Waals surface area contributed by atoms with Gasteiger partial charge in [-0.05, 0) is 30.7 Å². The van der Waals surface area contributed by atoms with E-state index in [0.29, 0.717) is 38.9 Å². The first-order valence-corrected chi connectivity index (χ1v) is 8.57. The first-order chi connectivity index (χ1) is 13.0. The van der Waals surface area contributed by atoms with Crippen molar-refractivity contribution in [3.05, 3.63) is 58.6 Å². The first-order valence-electron chi connectivity index (χ1n) is 8.19. The van der Waals surface area contributed by atoms with E-state index in [9.17, 15) is 5.26 Å². The predicted octanol–water partition coefficient (Wildman–Crippen LogP) is 4.85. The normalized spacial score (nSPS) is 10.3. The third kappa shape index (κ3) is 3.27. The number of hydrogen-bond donors (Lipinski definition) is 1. The van der Waals surface area contributed by atoms with Crippen LogP contribution in [0, 0.1) is 18.3 Å². The highest BCUT2D eigenvalue weighted by atomic mass is 35.5. The van der Waals surface area contributed by atoms with Crippen LogP contribution < -0.4 is 15.2 Å². The van der Waals surface area contributed by atoms with Crippen molar-refractivity contribution in [2.75, 3.05) is 20.0 Å². The van der Waals surface area contributed by atoms with Crippen molar-refractivity contribution < 1.29 is 9.47 Å². The van der Waals surface area contributed by atoms with Gasteiger partial charge in [-0.15, -0.1) is 0 Å². The molecule has 0 aliphatic carbocycles. The summed E-state index contributed by atoms with van der Waals surface area (Å²) in [6.45, 7) is 1.90. The predicted molar refractivity (Wildman–Crippen MR) is 107 cm³/mol. The number of anilines is 1. The monoisotopic (exact) mass is 379 g/mol. The largest absolute Gasteiger partial charge is 0.493 e. The summed E-state index contributed by atoms with van der Waals surface area (Å²) in [4.78, 5) is 4.46. The van der Waals surface area contributed by atoms with Crippen LogP contribution in [0.25, 0.3) is 22.4 Å². The Balaban J connectivity index is 2.39. The Bertz CT molecular complexity index is 1060. The smallest absolute Gasteiger partial charge is 0.168 e. The van der Waals surface area contributed by atoms with E-state index in [4.69, 9.17) is 26.8 Å². The molecule has 0 saturated heterocycles. The molecule has 0 atom stereocenters. The Morgan fingerprint density at radius 2 is 1.85 bits per heavy atom. The van der Waals surface area contributed by atoms with Crippen molar-refractivity contribution in [2.45, 2.75) is 6.92 Å². The SMILES string of the molecule is COc1cccc(-c2c(C)c(-c3cccc(Cl)c3)nc(N)c2C#N)c1OC. The minimum atomic E-state index is 0.151. The molecule has 0 saturated carbocycles. The number of para-hydroxylation sites is 1. The molecule has 27 heavy (non-hydrogen) atoms. The minimum absolute atomic E-state index is 0.151. The maximum Gasteiger partial charge on any atom is 0.168 e. The summed E-state index contributed by atoms with van der Waals surface area (Å²) in [7, 11) is 3.13. The zero-order chi connectivity index (χ0) is 19.6. The van der Waals surface area contributed by atoms with Gasteiger partial charge in [-0.2, -0.15) is 5.26 Å². The number of ether oxygens (including phenoxy) is 2.